The summed E-state index contributed by atoms with van der Waals surface area (Å²) in [4.78, 5) is 10.9. The Kier molecular flexibility index (Phi) is 4.80. The largest absolute Gasteiger partial charge is 0.496 e. The van der Waals surface area contributed by atoms with E-state index in [4.69, 9.17) is 9.84 Å². The molecule has 0 aliphatic heterocycles. The molecule has 0 aliphatic carbocycles. The first kappa shape index (κ1) is 15.3. The number of nitrogens with one attached hydrogen (secondary N) is 1. The highest BCUT2D eigenvalue weighted by Crippen LogP contribution is 2.26. The van der Waals surface area contributed by atoms with Crippen LogP contribution in [-0.4, -0.2) is 18.2 Å². The first-order valence-electron chi connectivity index (χ1n) is 6.10. The maximum atomic E-state index is 13.6. The van der Waals surface area contributed by atoms with Crippen LogP contribution in [0, 0.1) is 5.82 Å². The Labute approximate surface area is 129 Å². The van der Waals surface area contributed by atoms with Crippen molar-refractivity contribution in [1.29, 1.82) is 0 Å². The lowest BCUT2D eigenvalue weighted by molar-refractivity contribution is 0.0697. The van der Waals surface area contributed by atoms with Gasteiger partial charge in [-0.1, -0.05) is 6.07 Å². The molecule has 0 saturated heterocycles. The molecule has 0 aliphatic rings. The van der Waals surface area contributed by atoms with E-state index in [2.05, 4.69) is 21.2 Å². The van der Waals surface area contributed by atoms with E-state index in [0.29, 0.717) is 12.3 Å². The van der Waals surface area contributed by atoms with Crippen molar-refractivity contribution in [2.45, 2.75) is 6.54 Å². The first-order valence-corrected chi connectivity index (χ1v) is 6.89. The molecule has 6 heteroatoms. The molecule has 0 saturated carbocycles. The van der Waals surface area contributed by atoms with Gasteiger partial charge in [0.1, 0.15) is 11.6 Å². The third-order valence-electron chi connectivity index (χ3n) is 2.91. The highest BCUT2D eigenvalue weighted by molar-refractivity contribution is 9.10. The quantitative estimate of drug-likeness (QED) is 0.855. The fourth-order valence-corrected chi connectivity index (χ4v) is 2.40. The SMILES string of the molecule is COc1ccc(CNc2cc(C(=O)O)ccc2F)cc1Br. The number of carboxylic acid groups (broad SMARTS) is 1. The number of hydrogen-bond donors (Lipinski definition) is 2. The Balaban J connectivity index is 2.14. The zero-order valence-electron chi connectivity index (χ0n) is 11.2. The van der Waals surface area contributed by atoms with E-state index in [9.17, 15) is 9.18 Å². The third-order valence-corrected chi connectivity index (χ3v) is 3.53. The lowest BCUT2D eigenvalue weighted by Crippen LogP contribution is -2.04. The Bertz CT molecular complexity index is 676. The summed E-state index contributed by atoms with van der Waals surface area (Å²) in [7, 11) is 1.57. The molecular weight excluding hydrogens is 341 g/mol. The van der Waals surface area contributed by atoms with Gasteiger partial charge in [-0.05, 0) is 51.8 Å². The Morgan fingerprint density at radius 1 is 1.33 bits per heavy atom. The van der Waals surface area contributed by atoms with Crippen molar-refractivity contribution in [3.8, 4) is 5.75 Å². The fraction of sp³-hybridized carbons (Fsp3) is 0.133. The van der Waals surface area contributed by atoms with Crippen LogP contribution in [0.15, 0.2) is 40.9 Å². The van der Waals surface area contributed by atoms with Crippen LogP contribution in [0.4, 0.5) is 10.1 Å². The monoisotopic (exact) mass is 353 g/mol. The molecule has 0 fully saturated rings. The maximum absolute atomic E-state index is 13.6. The second kappa shape index (κ2) is 6.58. The molecule has 0 unspecified atom stereocenters. The van der Waals surface area contributed by atoms with Gasteiger partial charge in [-0.15, -0.1) is 0 Å². The summed E-state index contributed by atoms with van der Waals surface area (Å²) in [5.41, 5.74) is 1.10. The third kappa shape index (κ3) is 3.72. The van der Waals surface area contributed by atoms with Gasteiger partial charge in [0.2, 0.25) is 0 Å². The van der Waals surface area contributed by atoms with E-state index in [0.717, 1.165) is 16.1 Å². The van der Waals surface area contributed by atoms with Crippen molar-refractivity contribution in [3.05, 3.63) is 57.8 Å². The Hall–Kier alpha value is -2.08. The van der Waals surface area contributed by atoms with Crippen molar-refractivity contribution in [3.63, 3.8) is 0 Å². The minimum absolute atomic E-state index is 0.0369. The van der Waals surface area contributed by atoms with Gasteiger partial charge in [-0.3, -0.25) is 0 Å². The number of benzene rings is 2. The van der Waals surface area contributed by atoms with Crippen molar-refractivity contribution in [2.75, 3.05) is 12.4 Å². The molecule has 0 heterocycles. The highest BCUT2D eigenvalue weighted by atomic mass is 79.9. The van der Waals surface area contributed by atoms with Crippen LogP contribution in [0.1, 0.15) is 15.9 Å². The summed E-state index contributed by atoms with van der Waals surface area (Å²) >= 11 is 3.37. The van der Waals surface area contributed by atoms with Crippen LogP contribution in [0.25, 0.3) is 0 Å². The van der Waals surface area contributed by atoms with Crippen LogP contribution in [-0.2, 0) is 6.54 Å². The van der Waals surface area contributed by atoms with E-state index in [1.165, 1.54) is 12.1 Å². The molecule has 2 aromatic rings. The zero-order valence-corrected chi connectivity index (χ0v) is 12.8. The van der Waals surface area contributed by atoms with E-state index >= 15 is 0 Å². The number of aromatic carboxylic acids is 1. The van der Waals surface area contributed by atoms with Crippen molar-refractivity contribution in [2.24, 2.45) is 0 Å². The summed E-state index contributed by atoms with van der Waals surface area (Å²) in [5.74, 6) is -0.879. The fourth-order valence-electron chi connectivity index (χ4n) is 1.81. The zero-order chi connectivity index (χ0) is 15.4. The van der Waals surface area contributed by atoms with E-state index in [1.54, 1.807) is 13.2 Å². The molecule has 0 amide bonds. The second-order valence-corrected chi connectivity index (χ2v) is 5.18. The minimum atomic E-state index is -1.09. The summed E-state index contributed by atoms with van der Waals surface area (Å²) < 4.78 is 19.6. The number of halogens is 2. The lowest BCUT2D eigenvalue weighted by Gasteiger charge is -2.10. The van der Waals surface area contributed by atoms with E-state index in [-0.39, 0.29) is 11.3 Å². The Morgan fingerprint density at radius 3 is 2.71 bits per heavy atom. The van der Waals surface area contributed by atoms with E-state index < -0.39 is 11.8 Å². The van der Waals surface area contributed by atoms with Gasteiger partial charge in [0.25, 0.3) is 0 Å². The molecule has 0 spiro atoms. The van der Waals surface area contributed by atoms with Gasteiger partial charge in [0.05, 0.1) is 22.8 Å². The number of carbonyl (C=O) groups is 1. The predicted molar refractivity (Wildman–Crippen MR) is 81.4 cm³/mol. The molecule has 0 radical (unpaired) electrons. The summed E-state index contributed by atoms with van der Waals surface area (Å²) in [5, 5.41) is 11.8. The summed E-state index contributed by atoms with van der Waals surface area (Å²) in [6, 6.07) is 9.13. The van der Waals surface area contributed by atoms with Crippen LogP contribution in [0.2, 0.25) is 0 Å². The van der Waals surface area contributed by atoms with Gasteiger partial charge >= 0.3 is 5.97 Å². The molecule has 21 heavy (non-hydrogen) atoms. The van der Waals surface area contributed by atoms with Crippen molar-refractivity contribution >= 4 is 27.6 Å². The number of carboxylic acids is 1. The molecule has 0 atom stereocenters. The molecule has 0 aromatic heterocycles. The topological polar surface area (TPSA) is 58.6 Å². The molecule has 2 rings (SSSR count). The number of rotatable bonds is 5. The lowest BCUT2D eigenvalue weighted by atomic mass is 10.1. The van der Waals surface area contributed by atoms with E-state index in [1.807, 2.05) is 12.1 Å². The first-order chi connectivity index (χ1) is 10.0. The maximum Gasteiger partial charge on any atom is 0.335 e. The van der Waals surface area contributed by atoms with Gasteiger partial charge < -0.3 is 15.2 Å². The highest BCUT2D eigenvalue weighted by Gasteiger charge is 2.08. The van der Waals surface area contributed by atoms with Crippen LogP contribution >= 0.6 is 15.9 Å². The number of anilines is 1. The molecule has 0 bridgehead atoms. The number of hydrogen-bond acceptors (Lipinski definition) is 3. The summed E-state index contributed by atoms with van der Waals surface area (Å²) in [6.45, 7) is 0.364. The summed E-state index contributed by atoms with van der Waals surface area (Å²) in [6.07, 6.45) is 0. The standard InChI is InChI=1S/C15H13BrFNO3/c1-21-14-5-2-9(6-11(14)16)8-18-13-7-10(15(19)20)3-4-12(13)17/h2-7,18H,8H2,1H3,(H,19,20). The van der Waals surface area contributed by atoms with Gasteiger partial charge in [0.15, 0.2) is 0 Å². The second-order valence-electron chi connectivity index (χ2n) is 4.32. The Morgan fingerprint density at radius 2 is 2.10 bits per heavy atom. The van der Waals surface area contributed by atoms with Crippen LogP contribution < -0.4 is 10.1 Å². The number of methoxy groups -OCH3 is 1. The molecule has 2 N–H and O–H groups in total. The van der Waals surface area contributed by atoms with Crippen LogP contribution in [0.5, 0.6) is 5.75 Å². The van der Waals surface area contributed by atoms with Gasteiger partial charge in [-0.25, -0.2) is 9.18 Å². The minimum Gasteiger partial charge on any atom is -0.496 e. The normalized spacial score (nSPS) is 10.2. The smallest absolute Gasteiger partial charge is 0.335 e. The van der Waals surface area contributed by atoms with Crippen molar-refractivity contribution < 1.29 is 19.0 Å². The molecule has 2 aromatic carbocycles. The molecular formula is C15H13BrFNO3. The van der Waals surface area contributed by atoms with Gasteiger partial charge in [-0.2, -0.15) is 0 Å². The van der Waals surface area contributed by atoms with Crippen LogP contribution in [0.3, 0.4) is 0 Å². The van der Waals surface area contributed by atoms with Gasteiger partial charge in [0, 0.05) is 6.54 Å². The molecule has 110 valence electrons. The predicted octanol–water partition coefficient (Wildman–Crippen LogP) is 3.91. The number of ether oxygens (including phenoxy) is 1. The average Bonchev–Trinajstić information content (AvgIpc) is 2.46. The van der Waals surface area contributed by atoms with Crippen molar-refractivity contribution in [1.82, 2.24) is 0 Å². The average molecular weight is 354 g/mol. The molecule has 4 nitrogen and oxygen atoms in total.